The number of carbonyl (C=O) groups excluding carboxylic acids is 2. The molecule has 0 heterocycles. The normalized spacial score (nSPS) is 10.4. The Labute approximate surface area is 118 Å². The van der Waals surface area contributed by atoms with Gasteiger partial charge in [0.15, 0.2) is 0 Å². The first-order valence-electron chi connectivity index (χ1n) is 6.16. The van der Waals surface area contributed by atoms with Gasteiger partial charge in [-0.2, -0.15) is 0 Å². The third-order valence-corrected chi connectivity index (χ3v) is 2.78. The lowest BCUT2D eigenvalue weighted by atomic mass is 10.1. The average molecular weight is 283 g/mol. The average Bonchev–Trinajstić information content (AvgIpc) is 2.30. The summed E-state index contributed by atoms with van der Waals surface area (Å²) in [5.74, 6) is -0.247. The Kier molecular flexibility index (Phi) is 5.83. The maximum atomic E-state index is 11.9. The standard InChI is InChI=1S/C14H19ClN2O2/c1-10(2)16-13(18)9-17(3)14(19)8-11-4-6-12(15)7-5-11/h4-7,10H,8-9H2,1-3H3,(H,16,18). The quantitative estimate of drug-likeness (QED) is 0.896. The van der Waals surface area contributed by atoms with Gasteiger partial charge in [-0.15, -0.1) is 0 Å². The van der Waals surface area contributed by atoms with E-state index in [-0.39, 0.29) is 30.8 Å². The molecule has 0 aliphatic carbocycles. The number of benzene rings is 1. The summed E-state index contributed by atoms with van der Waals surface area (Å²) in [5.41, 5.74) is 0.880. The van der Waals surface area contributed by atoms with Gasteiger partial charge >= 0.3 is 0 Å². The number of likely N-dealkylation sites (N-methyl/N-ethyl adjacent to an activating group) is 1. The fourth-order valence-corrected chi connectivity index (χ4v) is 1.71. The van der Waals surface area contributed by atoms with Crippen LogP contribution in [0.1, 0.15) is 19.4 Å². The molecule has 5 heteroatoms. The van der Waals surface area contributed by atoms with Crippen molar-refractivity contribution in [2.75, 3.05) is 13.6 Å². The maximum absolute atomic E-state index is 11.9. The van der Waals surface area contributed by atoms with Crippen LogP contribution >= 0.6 is 11.6 Å². The first-order chi connectivity index (χ1) is 8.88. The Morgan fingerprint density at radius 3 is 2.37 bits per heavy atom. The molecule has 0 fully saturated rings. The minimum absolute atomic E-state index is 0.0740. The summed E-state index contributed by atoms with van der Waals surface area (Å²) >= 11 is 5.78. The molecule has 1 aromatic rings. The summed E-state index contributed by atoms with van der Waals surface area (Å²) in [5, 5.41) is 3.39. The Bertz CT molecular complexity index is 443. The van der Waals surface area contributed by atoms with E-state index in [0.29, 0.717) is 5.02 Å². The smallest absolute Gasteiger partial charge is 0.239 e. The van der Waals surface area contributed by atoms with Crippen LogP contribution < -0.4 is 5.32 Å². The summed E-state index contributed by atoms with van der Waals surface area (Å²) < 4.78 is 0. The van der Waals surface area contributed by atoms with Gasteiger partial charge in [0.25, 0.3) is 0 Å². The van der Waals surface area contributed by atoms with E-state index in [1.807, 2.05) is 26.0 Å². The van der Waals surface area contributed by atoms with E-state index in [2.05, 4.69) is 5.32 Å². The molecule has 19 heavy (non-hydrogen) atoms. The summed E-state index contributed by atoms with van der Waals surface area (Å²) in [4.78, 5) is 24.9. The number of rotatable bonds is 5. The topological polar surface area (TPSA) is 49.4 Å². The molecule has 0 atom stereocenters. The second-order valence-electron chi connectivity index (χ2n) is 4.78. The van der Waals surface area contributed by atoms with Crippen molar-refractivity contribution >= 4 is 23.4 Å². The van der Waals surface area contributed by atoms with Crippen LogP contribution in [0.2, 0.25) is 5.02 Å². The Morgan fingerprint density at radius 2 is 1.84 bits per heavy atom. The van der Waals surface area contributed by atoms with Crippen molar-refractivity contribution in [3.8, 4) is 0 Å². The fourth-order valence-electron chi connectivity index (χ4n) is 1.58. The van der Waals surface area contributed by atoms with Gasteiger partial charge in [-0.05, 0) is 31.5 Å². The van der Waals surface area contributed by atoms with E-state index < -0.39 is 0 Å². The summed E-state index contributed by atoms with van der Waals surface area (Å²) in [6, 6.07) is 7.18. The second-order valence-corrected chi connectivity index (χ2v) is 5.21. The van der Waals surface area contributed by atoms with E-state index in [4.69, 9.17) is 11.6 Å². The molecule has 4 nitrogen and oxygen atoms in total. The molecule has 0 radical (unpaired) electrons. The van der Waals surface area contributed by atoms with Crippen molar-refractivity contribution in [3.63, 3.8) is 0 Å². The summed E-state index contributed by atoms with van der Waals surface area (Å²) in [6.45, 7) is 3.84. The first kappa shape index (κ1) is 15.5. The molecular weight excluding hydrogens is 264 g/mol. The molecule has 2 amide bonds. The van der Waals surface area contributed by atoms with Crippen molar-refractivity contribution < 1.29 is 9.59 Å². The lowest BCUT2D eigenvalue weighted by Gasteiger charge is -2.18. The second kappa shape index (κ2) is 7.14. The molecule has 0 aromatic heterocycles. The Hall–Kier alpha value is -1.55. The van der Waals surface area contributed by atoms with Crippen LogP contribution in [0.5, 0.6) is 0 Å². The van der Waals surface area contributed by atoms with E-state index in [9.17, 15) is 9.59 Å². The van der Waals surface area contributed by atoms with E-state index in [0.717, 1.165) is 5.56 Å². The van der Waals surface area contributed by atoms with Crippen LogP contribution in [0, 0.1) is 0 Å². The van der Waals surface area contributed by atoms with Crippen molar-refractivity contribution in [1.82, 2.24) is 10.2 Å². The highest BCUT2D eigenvalue weighted by Crippen LogP contribution is 2.10. The largest absolute Gasteiger partial charge is 0.352 e. The van der Waals surface area contributed by atoms with E-state index in [1.54, 1.807) is 19.2 Å². The number of halogens is 1. The predicted octanol–water partition coefficient (Wildman–Crippen LogP) is 1.87. The molecule has 0 aliphatic heterocycles. The fraction of sp³-hybridized carbons (Fsp3) is 0.429. The highest BCUT2D eigenvalue weighted by Gasteiger charge is 2.13. The number of hydrogen-bond donors (Lipinski definition) is 1. The number of carbonyl (C=O) groups is 2. The monoisotopic (exact) mass is 282 g/mol. The molecule has 104 valence electrons. The SMILES string of the molecule is CC(C)NC(=O)CN(C)C(=O)Cc1ccc(Cl)cc1. The highest BCUT2D eigenvalue weighted by atomic mass is 35.5. The predicted molar refractivity (Wildman–Crippen MR) is 76.1 cm³/mol. The minimum atomic E-state index is -0.151. The van der Waals surface area contributed by atoms with Crippen LogP contribution in [0.3, 0.4) is 0 Å². The van der Waals surface area contributed by atoms with Gasteiger partial charge in [0, 0.05) is 18.1 Å². The molecule has 0 saturated heterocycles. The van der Waals surface area contributed by atoms with Gasteiger partial charge in [0.05, 0.1) is 13.0 Å². The van der Waals surface area contributed by atoms with Crippen LogP contribution in [-0.4, -0.2) is 36.3 Å². The Morgan fingerprint density at radius 1 is 1.26 bits per heavy atom. The van der Waals surface area contributed by atoms with Crippen molar-refractivity contribution in [3.05, 3.63) is 34.9 Å². The van der Waals surface area contributed by atoms with Crippen LogP contribution in [0.4, 0.5) is 0 Å². The zero-order valence-electron chi connectivity index (χ0n) is 11.4. The van der Waals surface area contributed by atoms with Gasteiger partial charge in [-0.3, -0.25) is 9.59 Å². The van der Waals surface area contributed by atoms with Gasteiger partial charge < -0.3 is 10.2 Å². The summed E-state index contributed by atoms with van der Waals surface area (Å²) in [6.07, 6.45) is 0.266. The molecule has 1 rings (SSSR count). The van der Waals surface area contributed by atoms with Crippen molar-refractivity contribution in [2.45, 2.75) is 26.3 Å². The van der Waals surface area contributed by atoms with Crippen LogP contribution in [-0.2, 0) is 16.0 Å². The van der Waals surface area contributed by atoms with Gasteiger partial charge in [0.1, 0.15) is 0 Å². The van der Waals surface area contributed by atoms with Crippen molar-refractivity contribution in [1.29, 1.82) is 0 Å². The number of hydrogen-bond acceptors (Lipinski definition) is 2. The van der Waals surface area contributed by atoms with Crippen molar-refractivity contribution in [2.24, 2.45) is 0 Å². The molecule has 0 aliphatic rings. The molecule has 0 saturated carbocycles. The van der Waals surface area contributed by atoms with Gasteiger partial charge in [-0.1, -0.05) is 23.7 Å². The molecule has 1 N–H and O–H groups in total. The van der Waals surface area contributed by atoms with Gasteiger partial charge in [-0.25, -0.2) is 0 Å². The van der Waals surface area contributed by atoms with Gasteiger partial charge in [0.2, 0.25) is 11.8 Å². The zero-order valence-corrected chi connectivity index (χ0v) is 12.2. The molecule has 1 aromatic carbocycles. The number of nitrogens with zero attached hydrogens (tertiary/aromatic N) is 1. The molecule has 0 unspecified atom stereocenters. The molecule has 0 spiro atoms. The Balaban J connectivity index is 2.48. The third-order valence-electron chi connectivity index (χ3n) is 2.52. The zero-order chi connectivity index (χ0) is 14.4. The number of amides is 2. The molecule has 0 bridgehead atoms. The third kappa shape index (κ3) is 5.75. The van der Waals surface area contributed by atoms with Crippen LogP contribution in [0.15, 0.2) is 24.3 Å². The van der Waals surface area contributed by atoms with E-state index in [1.165, 1.54) is 4.90 Å². The first-order valence-corrected chi connectivity index (χ1v) is 6.54. The lowest BCUT2D eigenvalue weighted by molar-refractivity contribution is -0.134. The summed E-state index contributed by atoms with van der Waals surface area (Å²) in [7, 11) is 1.62. The van der Waals surface area contributed by atoms with Crippen LogP contribution in [0.25, 0.3) is 0 Å². The minimum Gasteiger partial charge on any atom is -0.352 e. The maximum Gasteiger partial charge on any atom is 0.239 e. The molecular formula is C14H19ClN2O2. The lowest BCUT2D eigenvalue weighted by Crippen LogP contribution is -2.41. The highest BCUT2D eigenvalue weighted by molar-refractivity contribution is 6.30. The number of nitrogens with one attached hydrogen (secondary N) is 1. The van der Waals surface area contributed by atoms with E-state index >= 15 is 0 Å².